The second kappa shape index (κ2) is 5.55. The molecule has 1 heterocycles. The topological polar surface area (TPSA) is 38.7 Å². The number of aliphatic imine (C=N–C) groups is 1. The van der Waals surface area contributed by atoms with Crippen molar-refractivity contribution < 1.29 is 9.53 Å². The molecule has 0 amide bonds. The number of para-hydroxylation sites is 1. The summed E-state index contributed by atoms with van der Waals surface area (Å²) in [5.41, 5.74) is 3.44. The Kier molecular flexibility index (Phi) is 4.03. The normalized spacial score (nSPS) is 20.9. The van der Waals surface area contributed by atoms with Gasteiger partial charge in [0.2, 0.25) is 0 Å². The molecule has 3 heteroatoms. The zero-order chi connectivity index (χ0) is 13.9. The molecule has 0 spiro atoms. The molecule has 1 aliphatic rings. The van der Waals surface area contributed by atoms with Crippen molar-refractivity contribution in [2.45, 2.75) is 45.4 Å². The summed E-state index contributed by atoms with van der Waals surface area (Å²) in [5.74, 6) is -0.105. The average Bonchev–Trinajstić information content (AvgIpc) is 2.63. The lowest BCUT2D eigenvalue weighted by Gasteiger charge is -2.26. The maximum absolute atomic E-state index is 11.4. The standard InChI is InChI=1S/C16H21NO2/c1-4-19-15(18)10-7-11-16(3)12(2)17-14-9-6-5-8-13(14)16/h5-6,8-9H,4,7,10-11H2,1-3H3. The van der Waals surface area contributed by atoms with Gasteiger partial charge in [-0.2, -0.15) is 0 Å². The molecule has 0 radical (unpaired) electrons. The van der Waals surface area contributed by atoms with Gasteiger partial charge in [0.15, 0.2) is 0 Å². The first-order valence-corrected chi connectivity index (χ1v) is 6.89. The highest BCUT2D eigenvalue weighted by Crippen LogP contribution is 2.42. The molecular formula is C16H21NO2. The summed E-state index contributed by atoms with van der Waals surface area (Å²) in [4.78, 5) is 16.0. The third-order valence-electron chi connectivity index (χ3n) is 3.95. The summed E-state index contributed by atoms with van der Waals surface area (Å²) in [6.07, 6.45) is 2.24. The minimum absolute atomic E-state index is 0.0386. The number of esters is 1. The molecule has 0 aromatic heterocycles. The van der Waals surface area contributed by atoms with Gasteiger partial charge in [-0.15, -0.1) is 0 Å². The second-order valence-corrected chi connectivity index (χ2v) is 5.21. The predicted octanol–water partition coefficient (Wildman–Crippen LogP) is 3.78. The van der Waals surface area contributed by atoms with Crippen molar-refractivity contribution in [3.63, 3.8) is 0 Å². The highest BCUT2D eigenvalue weighted by molar-refractivity contribution is 5.99. The summed E-state index contributed by atoms with van der Waals surface area (Å²) in [7, 11) is 0. The van der Waals surface area contributed by atoms with E-state index in [9.17, 15) is 4.79 Å². The smallest absolute Gasteiger partial charge is 0.305 e. The lowest BCUT2D eigenvalue weighted by Crippen LogP contribution is -2.27. The van der Waals surface area contributed by atoms with Gasteiger partial charge in [-0.05, 0) is 38.3 Å². The Bertz CT molecular complexity index is 507. The zero-order valence-corrected chi connectivity index (χ0v) is 11.9. The van der Waals surface area contributed by atoms with E-state index in [1.165, 1.54) is 5.56 Å². The number of carbonyl (C=O) groups is 1. The third-order valence-corrected chi connectivity index (χ3v) is 3.95. The number of hydrogen-bond acceptors (Lipinski definition) is 3. The fourth-order valence-corrected chi connectivity index (χ4v) is 2.67. The maximum Gasteiger partial charge on any atom is 0.305 e. The van der Waals surface area contributed by atoms with E-state index in [2.05, 4.69) is 37.0 Å². The fourth-order valence-electron chi connectivity index (χ4n) is 2.67. The van der Waals surface area contributed by atoms with Crippen molar-refractivity contribution in [1.82, 2.24) is 0 Å². The number of benzene rings is 1. The van der Waals surface area contributed by atoms with Crippen LogP contribution in [0.15, 0.2) is 29.3 Å². The average molecular weight is 259 g/mol. The molecule has 0 aliphatic carbocycles. The summed E-state index contributed by atoms with van der Waals surface area (Å²) in [6.45, 7) is 6.58. The Morgan fingerprint density at radius 1 is 1.37 bits per heavy atom. The number of nitrogens with zero attached hydrogens (tertiary/aromatic N) is 1. The first-order chi connectivity index (χ1) is 9.08. The SMILES string of the molecule is CCOC(=O)CCCC1(C)C(C)=Nc2ccccc21. The van der Waals surface area contributed by atoms with Gasteiger partial charge in [0, 0.05) is 17.5 Å². The Hall–Kier alpha value is -1.64. The molecule has 1 aliphatic heterocycles. The molecule has 2 rings (SSSR count). The molecule has 1 atom stereocenters. The lowest BCUT2D eigenvalue weighted by molar-refractivity contribution is -0.143. The van der Waals surface area contributed by atoms with Crippen LogP contribution in [0, 0.1) is 0 Å². The van der Waals surface area contributed by atoms with E-state index in [-0.39, 0.29) is 11.4 Å². The molecular weight excluding hydrogens is 238 g/mol. The summed E-state index contributed by atoms with van der Waals surface area (Å²) in [5, 5.41) is 0. The van der Waals surface area contributed by atoms with Crippen LogP contribution in [-0.2, 0) is 14.9 Å². The van der Waals surface area contributed by atoms with Gasteiger partial charge < -0.3 is 4.74 Å². The lowest BCUT2D eigenvalue weighted by atomic mass is 9.76. The van der Waals surface area contributed by atoms with Crippen molar-refractivity contribution in [3.05, 3.63) is 29.8 Å². The largest absolute Gasteiger partial charge is 0.466 e. The quantitative estimate of drug-likeness (QED) is 0.755. The van der Waals surface area contributed by atoms with Crippen LogP contribution in [0.2, 0.25) is 0 Å². The minimum Gasteiger partial charge on any atom is -0.466 e. The van der Waals surface area contributed by atoms with Crippen LogP contribution >= 0.6 is 0 Å². The Morgan fingerprint density at radius 2 is 2.11 bits per heavy atom. The number of hydrogen-bond donors (Lipinski definition) is 0. The number of ether oxygens (including phenoxy) is 1. The molecule has 3 nitrogen and oxygen atoms in total. The molecule has 0 saturated carbocycles. The van der Waals surface area contributed by atoms with E-state index >= 15 is 0 Å². The highest BCUT2D eigenvalue weighted by atomic mass is 16.5. The van der Waals surface area contributed by atoms with Crippen molar-refractivity contribution in [1.29, 1.82) is 0 Å². The van der Waals surface area contributed by atoms with E-state index in [0.717, 1.165) is 24.2 Å². The van der Waals surface area contributed by atoms with E-state index in [4.69, 9.17) is 4.74 Å². The van der Waals surface area contributed by atoms with Crippen LogP contribution in [0.5, 0.6) is 0 Å². The minimum atomic E-state index is -0.105. The zero-order valence-electron chi connectivity index (χ0n) is 11.9. The summed E-state index contributed by atoms with van der Waals surface area (Å²) < 4.78 is 4.97. The first-order valence-electron chi connectivity index (χ1n) is 6.89. The fraction of sp³-hybridized carbons (Fsp3) is 0.500. The monoisotopic (exact) mass is 259 g/mol. The van der Waals surface area contributed by atoms with E-state index in [1.807, 2.05) is 13.0 Å². The van der Waals surface area contributed by atoms with Crippen molar-refractivity contribution in [3.8, 4) is 0 Å². The molecule has 1 aromatic carbocycles. The van der Waals surface area contributed by atoms with Gasteiger partial charge in [0.05, 0.1) is 12.3 Å². The Balaban J connectivity index is 2.03. The molecule has 0 bridgehead atoms. The van der Waals surface area contributed by atoms with Gasteiger partial charge >= 0.3 is 5.97 Å². The molecule has 1 aromatic rings. The van der Waals surface area contributed by atoms with E-state index in [1.54, 1.807) is 0 Å². The predicted molar refractivity (Wildman–Crippen MR) is 77.0 cm³/mol. The number of rotatable bonds is 5. The van der Waals surface area contributed by atoms with Crippen molar-refractivity contribution >= 4 is 17.4 Å². The van der Waals surface area contributed by atoms with Crippen LogP contribution in [-0.4, -0.2) is 18.3 Å². The van der Waals surface area contributed by atoms with Gasteiger partial charge in [0.1, 0.15) is 0 Å². The van der Waals surface area contributed by atoms with Gasteiger partial charge in [-0.1, -0.05) is 25.1 Å². The van der Waals surface area contributed by atoms with Crippen LogP contribution < -0.4 is 0 Å². The van der Waals surface area contributed by atoms with Crippen LogP contribution in [0.1, 0.15) is 45.6 Å². The van der Waals surface area contributed by atoms with Crippen LogP contribution in [0.25, 0.3) is 0 Å². The summed E-state index contributed by atoms with van der Waals surface area (Å²) in [6, 6.07) is 8.26. The molecule has 1 unspecified atom stereocenters. The highest BCUT2D eigenvalue weighted by Gasteiger charge is 2.36. The Labute approximate surface area is 114 Å². The Morgan fingerprint density at radius 3 is 2.84 bits per heavy atom. The molecule has 0 N–H and O–H groups in total. The van der Waals surface area contributed by atoms with Crippen LogP contribution in [0.4, 0.5) is 5.69 Å². The molecule has 19 heavy (non-hydrogen) atoms. The molecule has 102 valence electrons. The second-order valence-electron chi connectivity index (χ2n) is 5.21. The van der Waals surface area contributed by atoms with Gasteiger partial charge in [-0.3, -0.25) is 9.79 Å². The van der Waals surface area contributed by atoms with E-state index in [0.29, 0.717) is 13.0 Å². The molecule has 0 saturated heterocycles. The van der Waals surface area contributed by atoms with Gasteiger partial charge in [-0.25, -0.2) is 0 Å². The number of carbonyl (C=O) groups excluding carboxylic acids is 1. The summed E-state index contributed by atoms with van der Waals surface area (Å²) >= 11 is 0. The first kappa shape index (κ1) is 13.8. The third kappa shape index (κ3) is 2.70. The maximum atomic E-state index is 11.4. The van der Waals surface area contributed by atoms with E-state index < -0.39 is 0 Å². The molecule has 0 fully saturated rings. The van der Waals surface area contributed by atoms with Crippen LogP contribution in [0.3, 0.4) is 0 Å². The van der Waals surface area contributed by atoms with Crippen molar-refractivity contribution in [2.75, 3.05) is 6.61 Å². The van der Waals surface area contributed by atoms with Crippen molar-refractivity contribution in [2.24, 2.45) is 4.99 Å². The number of fused-ring (bicyclic) bond motifs is 1. The van der Waals surface area contributed by atoms with Gasteiger partial charge in [0.25, 0.3) is 0 Å².